The minimum absolute atomic E-state index is 0.654. The second-order valence-corrected chi connectivity index (χ2v) is 4.30. The Morgan fingerprint density at radius 1 is 1.69 bits per heavy atom. The van der Waals surface area contributed by atoms with E-state index in [-0.39, 0.29) is 0 Å². The smallest absolute Gasteiger partial charge is 0.0738 e. The van der Waals surface area contributed by atoms with Gasteiger partial charge in [0, 0.05) is 25.4 Å². The Hall–Kier alpha value is -0.550. The molecule has 0 fully saturated rings. The molecule has 0 bridgehead atoms. The maximum absolute atomic E-state index is 3.86. The Bertz CT molecular complexity index is 248. The molecular formula is C8H16N4S. The number of hydrogen-bond acceptors (Lipinski definition) is 4. The first-order valence-electron chi connectivity index (χ1n) is 4.31. The van der Waals surface area contributed by atoms with Crippen molar-refractivity contribution in [3.63, 3.8) is 0 Å². The van der Waals surface area contributed by atoms with Crippen molar-refractivity contribution in [2.75, 3.05) is 12.8 Å². The van der Waals surface area contributed by atoms with E-state index in [1.54, 1.807) is 10.9 Å². The minimum atomic E-state index is 0.654. The van der Waals surface area contributed by atoms with Crippen LogP contribution in [0.5, 0.6) is 0 Å². The van der Waals surface area contributed by atoms with Gasteiger partial charge in [-0.05, 0) is 6.26 Å². The summed E-state index contributed by atoms with van der Waals surface area (Å²) >= 11 is 1.87. The van der Waals surface area contributed by atoms with Crippen molar-refractivity contribution >= 4 is 11.8 Å². The molecule has 1 unspecified atom stereocenters. The Labute approximate surface area is 83.1 Å². The second kappa shape index (κ2) is 5.24. The largest absolute Gasteiger partial charge is 0.310 e. The molecule has 0 saturated carbocycles. The lowest BCUT2D eigenvalue weighted by Gasteiger charge is -2.08. The van der Waals surface area contributed by atoms with Crippen molar-refractivity contribution in [1.29, 1.82) is 0 Å². The van der Waals surface area contributed by atoms with Gasteiger partial charge >= 0.3 is 0 Å². The van der Waals surface area contributed by atoms with Gasteiger partial charge in [-0.2, -0.15) is 11.8 Å². The van der Waals surface area contributed by atoms with Gasteiger partial charge in [-0.1, -0.05) is 12.1 Å². The van der Waals surface area contributed by atoms with E-state index in [9.17, 15) is 0 Å². The Kier molecular flexibility index (Phi) is 4.24. The zero-order valence-corrected chi connectivity index (χ0v) is 9.14. The van der Waals surface area contributed by atoms with Crippen LogP contribution in [-0.2, 0) is 13.6 Å². The summed E-state index contributed by atoms with van der Waals surface area (Å²) in [6, 6.07) is 0. The van der Waals surface area contributed by atoms with Gasteiger partial charge in [-0.25, -0.2) is 0 Å². The first-order valence-corrected chi connectivity index (χ1v) is 5.60. The van der Waals surface area contributed by atoms with Gasteiger partial charge in [0.15, 0.2) is 0 Å². The highest BCUT2D eigenvalue weighted by molar-refractivity contribution is 7.99. The van der Waals surface area contributed by atoms with Crippen molar-refractivity contribution < 1.29 is 0 Å². The number of hydrogen-bond donors (Lipinski definition) is 1. The van der Waals surface area contributed by atoms with Crippen LogP contribution in [0.4, 0.5) is 0 Å². The second-order valence-electron chi connectivity index (χ2n) is 3.03. The molecule has 0 aliphatic carbocycles. The molecule has 0 saturated heterocycles. The maximum Gasteiger partial charge on any atom is 0.0738 e. The molecular weight excluding hydrogens is 184 g/mol. The number of nitrogens with one attached hydrogen (secondary N) is 1. The monoisotopic (exact) mass is 200 g/mol. The highest BCUT2D eigenvalue weighted by Gasteiger charge is 2.01. The summed E-state index contributed by atoms with van der Waals surface area (Å²) in [5, 5.41) is 11.7. The van der Waals surface area contributed by atoms with Crippen molar-refractivity contribution in [3.05, 3.63) is 11.9 Å². The van der Waals surface area contributed by atoms with Crippen LogP contribution in [-0.4, -0.2) is 33.0 Å². The fraction of sp³-hybridized carbons (Fsp3) is 0.750. The number of aromatic nitrogens is 3. The van der Waals surface area contributed by atoms with Crippen molar-refractivity contribution in [3.8, 4) is 0 Å². The molecule has 4 nitrogen and oxygen atoms in total. The van der Waals surface area contributed by atoms with Gasteiger partial charge in [0.2, 0.25) is 0 Å². The number of aryl methyl sites for hydroxylation is 1. The van der Waals surface area contributed by atoms with Gasteiger partial charge in [0.25, 0.3) is 0 Å². The van der Waals surface area contributed by atoms with Crippen LogP contribution in [0.3, 0.4) is 0 Å². The zero-order chi connectivity index (χ0) is 9.68. The molecule has 0 aliphatic rings. The molecule has 1 aromatic rings. The molecule has 0 radical (unpaired) electrons. The zero-order valence-electron chi connectivity index (χ0n) is 8.32. The SMILES string of the molecule is CSC(C)CNCc1cnnn1C. The van der Waals surface area contributed by atoms with Crippen LogP contribution >= 0.6 is 11.8 Å². The Morgan fingerprint density at radius 3 is 3.00 bits per heavy atom. The Morgan fingerprint density at radius 2 is 2.46 bits per heavy atom. The molecule has 1 aromatic heterocycles. The van der Waals surface area contributed by atoms with Gasteiger partial charge in [-0.3, -0.25) is 4.68 Å². The topological polar surface area (TPSA) is 42.7 Å². The molecule has 0 spiro atoms. The molecule has 0 aliphatic heterocycles. The molecule has 0 aromatic carbocycles. The number of rotatable bonds is 5. The van der Waals surface area contributed by atoms with E-state index in [1.165, 1.54) is 0 Å². The summed E-state index contributed by atoms with van der Waals surface area (Å²) in [5.41, 5.74) is 1.12. The quantitative estimate of drug-likeness (QED) is 0.758. The third-order valence-electron chi connectivity index (χ3n) is 1.95. The highest BCUT2D eigenvalue weighted by atomic mass is 32.2. The van der Waals surface area contributed by atoms with Crippen LogP contribution in [0.15, 0.2) is 6.20 Å². The van der Waals surface area contributed by atoms with Gasteiger partial charge in [0.05, 0.1) is 11.9 Å². The average molecular weight is 200 g/mol. The summed E-state index contributed by atoms with van der Waals surface area (Å²) in [6.45, 7) is 4.07. The van der Waals surface area contributed by atoms with Crippen molar-refractivity contribution in [2.24, 2.45) is 7.05 Å². The predicted molar refractivity (Wildman–Crippen MR) is 55.7 cm³/mol. The van der Waals surface area contributed by atoms with Crippen LogP contribution in [0.25, 0.3) is 0 Å². The molecule has 1 rings (SSSR count). The molecule has 13 heavy (non-hydrogen) atoms. The average Bonchev–Trinajstić information content (AvgIpc) is 2.52. The number of nitrogens with zero attached hydrogens (tertiary/aromatic N) is 3. The summed E-state index contributed by atoms with van der Waals surface area (Å²) < 4.78 is 1.79. The van der Waals surface area contributed by atoms with Crippen LogP contribution < -0.4 is 5.32 Å². The lowest BCUT2D eigenvalue weighted by atomic mass is 10.4. The first kappa shape index (κ1) is 10.5. The lowest BCUT2D eigenvalue weighted by Crippen LogP contribution is -2.23. The van der Waals surface area contributed by atoms with Gasteiger partial charge in [-0.15, -0.1) is 5.10 Å². The van der Waals surface area contributed by atoms with Gasteiger partial charge in [0.1, 0.15) is 0 Å². The number of thioether (sulfide) groups is 1. The fourth-order valence-corrected chi connectivity index (χ4v) is 1.24. The molecule has 5 heteroatoms. The Balaban J connectivity index is 2.24. The fourth-order valence-electron chi connectivity index (χ4n) is 0.958. The third kappa shape index (κ3) is 3.36. The van der Waals surface area contributed by atoms with E-state index in [0.717, 1.165) is 18.8 Å². The van der Waals surface area contributed by atoms with E-state index in [2.05, 4.69) is 28.8 Å². The highest BCUT2D eigenvalue weighted by Crippen LogP contribution is 2.02. The molecule has 74 valence electrons. The lowest BCUT2D eigenvalue weighted by molar-refractivity contribution is 0.616. The van der Waals surface area contributed by atoms with Crippen LogP contribution in [0.1, 0.15) is 12.6 Å². The molecule has 0 amide bonds. The van der Waals surface area contributed by atoms with E-state index in [1.807, 2.05) is 18.8 Å². The van der Waals surface area contributed by atoms with Gasteiger partial charge < -0.3 is 5.32 Å². The summed E-state index contributed by atoms with van der Waals surface area (Å²) in [6.07, 6.45) is 3.91. The van der Waals surface area contributed by atoms with E-state index >= 15 is 0 Å². The molecule has 1 heterocycles. The molecule has 1 atom stereocenters. The standard InChI is InChI=1S/C8H16N4S/c1-7(13-3)4-9-5-8-6-10-11-12(8)2/h6-7,9H,4-5H2,1-3H3. The van der Waals surface area contributed by atoms with Crippen molar-refractivity contribution in [1.82, 2.24) is 20.3 Å². The first-order chi connectivity index (χ1) is 6.24. The third-order valence-corrected chi connectivity index (χ3v) is 2.92. The minimum Gasteiger partial charge on any atom is -0.310 e. The maximum atomic E-state index is 3.86. The van der Waals surface area contributed by atoms with E-state index in [0.29, 0.717) is 5.25 Å². The van der Waals surface area contributed by atoms with Crippen LogP contribution in [0, 0.1) is 0 Å². The summed E-state index contributed by atoms with van der Waals surface area (Å²) in [7, 11) is 1.90. The van der Waals surface area contributed by atoms with E-state index in [4.69, 9.17) is 0 Å². The van der Waals surface area contributed by atoms with Crippen LogP contribution in [0.2, 0.25) is 0 Å². The summed E-state index contributed by atoms with van der Waals surface area (Å²) in [5.74, 6) is 0. The molecule has 1 N–H and O–H groups in total. The predicted octanol–water partition coefficient (Wildman–Crippen LogP) is 0.656. The summed E-state index contributed by atoms with van der Waals surface area (Å²) in [4.78, 5) is 0. The normalized spacial score (nSPS) is 13.2. The van der Waals surface area contributed by atoms with Crippen molar-refractivity contribution in [2.45, 2.75) is 18.7 Å². The van der Waals surface area contributed by atoms with E-state index < -0.39 is 0 Å².